The molecule has 9 nitrogen and oxygen atoms in total. The van der Waals surface area contributed by atoms with Crippen LogP contribution in [0.25, 0.3) is 0 Å². The predicted molar refractivity (Wildman–Crippen MR) is 114 cm³/mol. The Morgan fingerprint density at radius 1 is 1.14 bits per heavy atom. The Labute approximate surface area is 171 Å². The van der Waals surface area contributed by atoms with Gasteiger partial charge in [0.2, 0.25) is 10.0 Å². The molecule has 0 spiro atoms. The minimum atomic E-state index is -3.32. The van der Waals surface area contributed by atoms with Crippen molar-refractivity contribution in [2.24, 2.45) is 4.99 Å². The third kappa shape index (κ3) is 6.20. The third-order valence-corrected chi connectivity index (χ3v) is 6.60. The number of hydrogen-bond donors (Lipinski definition) is 2. The van der Waals surface area contributed by atoms with E-state index in [9.17, 15) is 8.42 Å². The highest BCUT2D eigenvalue weighted by Crippen LogP contribution is 2.14. The van der Waals surface area contributed by atoms with Crippen LogP contribution in [0.2, 0.25) is 0 Å². The summed E-state index contributed by atoms with van der Waals surface area (Å²) in [6, 6.07) is 9.52. The number of anilines is 1. The van der Waals surface area contributed by atoms with Crippen LogP contribution in [0.15, 0.2) is 52.2 Å². The molecule has 29 heavy (non-hydrogen) atoms. The van der Waals surface area contributed by atoms with E-state index >= 15 is 0 Å². The Kier molecular flexibility index (Phi) is 7.48. The molecule has 0 atom stereocenters. The number of nitrogens with zero attached hydrogens (tertiary/aromatic N) is 4. The molecule has 3 rings (SSSR count). The van der Waals surface area contributed by atoms with Crippen molar-refractivity contribution in [3.05, 3.63) is 48.6 Å². The maximum Gasteiger partial charge on any atom is 0.215 e. The fourth-order valence-electron chi connectivity index (χ4n) is 3.14. The number of sulfonamides is 1. The lowest BCUT2D eigenvalue weighted by atomic mass is 10.3. The van der Waals surface area contributed by atoms with Crippen molar-refractivity contribution in [3.63, 3.8) is 0 Å². The number of nitrogens with one attached hydrogen (secondary N) is 2. The zero-order valence-corrected chi connectivity index (χ0v) is 17.4. The molecule has 158 valence electrons. The zero-order valence-electron chi connectivity index (χ0n) is 16.6. The lowest BCUT2D eigenvalue weighted by molar-refractivity contribution is 0.384. The van der Waals surface area contributed by atoms with Crippen molar-refractivity contribution in [3.8, 4) is 0 Å². The molecule has 0 aliphatic carbocycles. The van der Waals surface area contributed by atoms with Crippen LogP contribution >= 0.6 is 0 Å². The van der Waals surface area contributed by atoms with Gasteiger partial charge >= 0.3 is 0 Å². The molecule has 3 heterocycles. The van der Waals surface area contributed by atoms with Gasteiger partial charge in [-0.3, -0.25) is 4.99 Å². The van der Waals surface area contributed by atoms with Gasteiger partial charge < -0.3 is 20.0 Å². The first kappa shape index (κ1) is 21.1. The van der Waals surface area contributed by atoms with E-state index in [-0.39, 0.29) is 5.75 Å². The average Bonchev–Trinajstić information content (AvgIpc) is 3.27. The van der Waals surface area contributed by atoms with Crippen molar-refractivity contribution in [1.29, 1.82) is 0 Å². The van der Waals surface area contributed by atoms with Gasteiger partial charge in [0.25, 0.3) is 0 Å². The van der Waals surface area contributed by atoms with Crippen molar-refractivity contribution in [2.75, 3.05) is 57.0 Å². The third-order valence-electron chi connectivity index (χ3n) is 4.73. The van der Waals surface area contributed by atoms with E-state index in [0.29, 0.717) is 45.2 Å². The van der Waals surface area contributed by atoms with Crippen molar-refractivity contribution in [1.82, 2.24) is 19.9 Å². The molecular formula is C19H28N6O3S. The molecule has 1 saturated heterocycles. The van der Waals surface area contributed by atoms with E-state index in [0.717, 1.165) is 18.0 Å². The normalized spacial score (nSPS) is 16.0. The number of aromatic nitrogens is 1. The molecule has 0 radical (unpaired) electrons. The van der Waals surface area contributed by atoms with E-state index in [4.69, 9.17) is 4.42 Å². The van der Waals surface area contributed by atoms with Gasteiger partial charge in [-0.2, -0.15) is 4.31 Å². The smallest absolute Gasteiger partial charge is 0.215 e. The van der Waals surface area contributed by atoms with Crippen LogP contribution in [0.3, 0.4) is 0 Å². The topological polar surface area (TPSA) is 103 Å². The summed E-state index contributed by atoms with van der Waals surface area (Å²) in [5, 5.41) is 6.22. The quantitative estimate of drug-likeness (QED) is 0.474. The average molecular weight is 421 g/mol. The number of guanidine groups is 1. The van der Waals surface area contributed by atoms with E-state index in [1.807, 2.05) is 30.3 Å². The number of rotatable bonds is 8. The van der Waals surface area contributed by atoms with Crippen LogP contribution in [0.1, 0.15) is 5.76 Å². The highest BCUT2D eigenvalue weighted by Gasteiger charge is 2.27. The van der Waals surface area contributed by atoms with Gasteiger partial charge in [0.15, 0.2) is 5.96 Å². The van der Waals surface area contributed by atoms with E-state index in [2.05, 4.69) is 25.5 Å². The van der Waals surface area contributed by atoms with Crippen molar-refractivity contribution < 1.29 is 12.8 Å². The molecule has 2 N–H and O–H groups in total. The summed E-state index contributed by atoms with van der Waals surface area (Å²) in [4.78, 5) is 10.6. The minimum Gasteiger partial charge on any atom is -0.469 e. The Morgan fingerprint density at radius 3 is 2.59 bits per heavy atom. The number of pyridine rings is 1. The highest BCUT2D eigenvalue weighted by atomic mass is 32.2. The minimum absolute atomic E-state index is 0.0233. The maximum atomic E-state index is 12.6. The lowest BCUT2D eigenvalue weighted by Crippen LogP contribution is -2.50. The second-order valence-electron chi connectivity index (χ2n) is 6.65. The molecular weight excluding hydrogens is 392 g/mol. The first-order valence-electron chi connectivity index (χ1n) is 9.69. The number of piperazine rings is 1. The molecule has 2 aromatic rings. The van der Waals surface area contributed by atoms with E-state index < -0.39 is 10.0 Å². The summed E-state index contributed by atoms with van der Waals surface area (Å²) in [5.74, 6) is 2.37. The van der Waals surface area contributed by atoms with Gasteiger partial charge in [-0.25, -0.2) is 13.4 Å². The maximum absolute atomic E-state index is 12.6. The monoisotopic (exact) mass is 420 g/mol. The van der Waals surface area contributed by atoms with Crippen LogP contribution in [0.4, 0.5) is 5.82 Å². The molecule has 0 aromatic carbocycles. The zero-order chi connectivity index (χ0) is 20.5. The van der Waals surface area contributed by atoms with Gasteiger partial charge in [0, 0.05) is 58.9 Å². The van der Waals surface area contributed by atoms with Crippen LogP contribution in [0.5, 0.6) is 0 Å². The summed E-state index contributed by atoms with van der Waals surface area (Å²) in [6.45, 7) is 3.15. The summed E-state index contributed by atoms with van der Waals surface area (Å²) >= 11 is 0. The summed E-state index contributed by atoms with van der Waals surface area (Å²) < 4.78 is 32.1. The van der Waals surface area contributed by atoms with E-state index in [1.165, 1.54) is 0 Å². The summed E-state index contributed by atoms with van der Waals surface area (Å²) in [7, 11) is -1.66. The van der Waals surface area contributed by atoms with Gasteiger partial charge in [0.1, 0.15) is 11.6 Å². The van der Waals surface area contributed by atoms with Crippen molar-refractivity contribution >= 4 is 21.8 Å². The lowest BCUT2D eigenvalue weighted by Gasteiger charge is -2.34. The summed E-state index contributed by atoms with van der Waals surface area (Å²) in [5.41, 5.74) is 0. The molecule has 1 aliphatic heterocycles. The van der Waals surface area contributed by atoms with Gasteiger partial charge in [-0.1, -0.05) is 6.07 Å². The molecule has 0 saturated carbocycles. The van der Waals surface area contributed by atoms with Crippen LogP contribution in [-0.2, 0) is 16.4 Å². The van der Waals surface area contributed by atoms with Gasteiger partial charge in [-0.15, -0.1) is 0 Å². The van der Waals surface area contributed by atoms with Gasteiger partial charge in [-0.05, 0) is 24.3 Å². The molecule has 0 unspecified atom stereocenters. The molecule has 10 heteroatoms. The highest BCUT2D eigenvalue weighted by molar-refractivity contribution is 7.89. The largest absolute Gasteiger partial charge is 0.469 e. The molecule has 1 aliphatic rings. The SMILES string of the molecule is CN=C(NCCc1ccco1)NCCS(=O)(=O)N1CCN(c2ccccn2)CC1. The first-order valence-corrected chi connectivity index (χ1v) is 11.3. The Hall–Kier alpha value is -2.59. The fraction of sp³-hybridized carbons (Fsp3) is 0.474. The van der Waals surface area contributed by atoms with Crippen molar-refractivity contribution in [2.45, 2.75) is 6.42 Å². The molecule has 0 bridgehead atoms. The van der Waals surface area contributed by atoms with Gasteiger partial charge in [0.05, 0.1) is 12.0 Å². The van der Waals surface area contributed by atoms with Crippen LogP contribution in [0, 0.1) is 0 Å². The second-order valence-corrected chi connectivity index (χ2v) is 8.73. The first-order chi connectivity index (χ1) is 14.1. The summed E-state index contributed by atoms with van der Waals surface area (Å²) in [6.07, 6.45) is 4.12. The number of furan rings is 1. The molecule has 0 amide bonds. The second kappa shape index (κ2) is 10.3. The number of hydrogen-bond acceptors (Lipinski definition) is 6. The Balaban J connectivity index is 1.39. The van der Waals surface area contributed by atoms with Crippen LogP contribution in [-0.4, -0.2) is 75.7 Å². The standard InChI is InChI=1S/C19H28N6O3S/c1-20-19(22-9-7-17-5-4-15-28-17)23-10-16-29(26,27)25-13-11-24(12-14-25)18-6-2-3-8-21-18/h2-6,8,15H,7,9-14,16H2,1H3,(H2,20,22,23). The molecule has 1 fully saturated rings. The number of aliphatic imine (C=N–C) groups is 1. The van der Waals surface area contributed by atoms with E-state index in [1.54, 1.807) is 23.8 Å². The molecule has 2 aromatic heterocycles. The Bertz CT molecular complexity index is 863. The fourth-order valence-corrected chi connectivity index (χ4v) is 4.48. The predicted octanol–water partition coefficient (Wildman–Crippen LogP) is 0.534. The Morgan fingerprint density at radius 2 is 1.93 bits per heavy atom. The van der Waals surface area contributed by atoms with Crippen LogP contribution < -0.4 is 15.5 Å².